The van der Waals surface area contributed by atoms with Gasteiger partial charge in [-0.2, -0.15) is 5.10 Å². The summed E-state index contributed by atoms with van der Waals surface area (Å²) in [5, 5.41) is 5.71. The lowest BCUT2D eigenvalue weighted by Gasteiger charge is -2.04. The van der Waals surface area contributed by atoms with Crippen LogP contribution in [0.2, 0.25) is 0 Å². The fourth-order valence-electron chi connectivity index (χ4n) is 1.71. The molecule has 0 fully saturated rings. The van der Waals surface area contributed by atoms with Crippen LogP contribution in [0, 0.1) is 0 Å². The van der Waals surface area contributed by atoms with Crippen molar-refractivity contribution in [3.63, 3.8) is 0 Å². The van der Waals surface area contributed by atoms with E-state index in [4.69, 9.17) is 0 Å². The van der Waals surface area contributed by atoms with E-state index in [9.17, 15) is 0 Å². The van der Waals surface area contributed by atoms with E-state index in [2.05, 4.69) is 44.0 Å². The molecule has 0 saturated carbocycles. The lowest BCUT2D eigenvalue weighted by molar-refractivity contribution is 0.537. The maximum atomic E-state index is 4.53. The highest BCUT2D eigenvalue weighted by Crippen LogP contribution is 2.23. The highest BCUT2D eigenvalue weighted by molar-refractivity contribution is 5.80. The van der Waals surface area contributed by atoms with Crippen molar-refractivity contribution in [2.45, 2.75) is 39.7 Å². The van der Waals surface area contributed by atoms with Crippen LogP contribution >= 0.6 is 0 Å². The van der Waals surface area contributed by atoms with Crippen LogP contribution in [0.3, 0.4) is 0 Å². The van der Waals surface area contributed by atoms with E-state index in [1.807, 2.05) is 16.9 Å². The second kappa shape index (κ2) is 3.65. The van der Waals surface area contributed by atoms with Gasteiger partial charge in [-0.1, -0.05) is 13.8 Å². The van der Waals surface area contributed by atoms with E-state index in [1.54, 1.807) is 0 Å². The third-order valence-electron chi connectivity index (χ3n) is 2.56. The Labute approximate surface area is 90.1 Å². The monoisotopic (exact) mass is 203 g/mol. The van der Waals surface area contributed by atoms with Gasteiger partial charge in [0.1, 0.15) is 0 Å². The Morgan fingerprint density at radius 3 is 2.53 bits per heavy atom. The number of hydrogen-bond acceptors (Lipinski definition) is 2. The normalized spacial score (nSPS) is 11.9. The minimum Gasteiger partial charge on any atom is -0.269 e. The van der Waals surface area contributed by atoms with Crippen molar-refractivity contribution in [2.24, 2.45) is 0 Å². The third-order valence-corrected chi connectivity index (χ3v) is 2.56. The summed E-state index contributed by atoms with van der Waals surface area (Å²) in [6, 6.07) is 2.37. The van der Waals surface area contributed by atoms with Crippen LogP contribution in [0.4, 0.5) is 0 Å². The van der Waals surface area contributed by atoms with Gasteiger partial charge in [-0.15, -0.1) is 0 Å². The number of nitrogens with zero attached hydrogens (tertiary/aromatic N) is 3. The maximum absolute atomic E-state index is 4.53. The average molecular weight is 203 g/mol. The van der Waals surface area contributed by atoms with Crippen LogP contribution in [-0.4, -0.2) is 14.8 Å². The van der Waals surface area contributed by atoms with Crippen molar-refractivity contribution in [1.82, 2.24) is 14.8 Å². The molecule has 2 rings (SSSR count). The van der Waals surface area contributed by atoms with E-state index >= 15 is 0 Å². The van der Waals surface area contributed by atoms with Gasteiger partial charge < -0.3 is 0 Å². The van der Waals surface area contributed by atoms with Gasteiger partial charge in [0.15, 0.2) is 0 Å². The van der Waals surface area contributed by atoms with Crippen molar-refractivity contribution in [1.29, 1.82) is 0 Å². The van der Waals surface area contributed by atoms with Crippen LogP contribution in [0.25, 0.3) is 10.9 Å². The summed E-state index contributed by atoms with van der Waals surface area (Å²) in [7, 11) is 0. The molecule has 0 radical (unpaired) electrons. The molecule has 0 aromatic carbocycles. The maximum Gasteiger partial charge on any atom is 0.0957 e. The third kappa shape index (κ3) is 1.74. The molecule has 0 aliphatic rings. The van der Waals surface area contributed by atoms with Crippen LogP contribution in [0.1, 0.15) is 45.3 Å². The largest absolute Gasteiger partial charge is 0.269 e. The molecule has 3 nitrogen and oxygen atoms in total. The van der Waals surface area contributed by atoms with E-state index in [0.29, 0.717) is 12.0 Å². The number of rotatable bonds is 2. The van der Waals surface area contributed by atoms with Gasteiger partial charge in [-0.25, -0.2) is 0 Å². The summed E-state index contributed by atoms with van der Waals surface area (Å²) in [6.45, 7) is 8.59. The fourth-order valence-corrected chi connectivity index (χ4v) is 1.71. The number of aromatic nitrogens is 3. The molecule has 80 valence electrons. The van der Waals surface area contributed by atoms with Crippen LogP contribution in [0.5, 0.6) is 0 Å². The molecule has 15 heavy (non-hydrogen) atoms. The summed E-state index contributed by atoms with van der Waals surface area (Å²) < 4.78 is 2.00. The van der Waals surface area contributed by atoms with Gasteiger partial charge in [-0.05, 0) is 25.8 Å². The van der Waals surface area contributed by atoms with Crippen LogP contribution < -0.4 is 0 Å². The zero-order valence-electron chi connectivity index (χ0n) is 9.73. The molecule has 2 heterocycles. The van der Waals surface area contributed by atoms with Crippen molar-refractivity contribution >= 4 is 10.9 Å². The van der Waals surface area contributed by atoms with E-state index in [0.717, 1.165) is 11.2 Å². The highest BCUT2D eigenvalue weighted by Gasteiger charge is 2.10. The molecule has 2 aromatic heterocycles. The summed E-state index contributed by atoms with van der Waals surface area (Å²) >= 11 is 0. The Kier molecular flexibility index (Phi) is 2.47. The standard InChI is InChI=1S/C12H17N3/c1-8(2)12-10-7-15(9(3)4)14-11(10)5-6-13-12/h5-9H,1-4H3. The average Bonchev–Trinajstić information content (AvgIpc) is 2.60. The smallest absolute Gasteiger partial charge is 0.0957 e. The van der Waals surface area contributed by atoms with Crippen LogP contribution in [-0.2, 0) is 0 Å². The first-order valence-corrected chi connectivity index (χ1v) is 5.43. The molecule has 0 saturated heterocycles. The molecule has 0 unspecified atom stereocenters. The second-order valence-corrected chi connectivity index (χ2v) is 4.49. The molecule has 0 atom stereocenters. The molecule has 0 aliphatic heterocycles. The second-order valence-electron chi connectivity index (χ2n) is 4.49. The van der Waals surface area contributed by atoms with E-state index < -0.39 is 0 Å². The number of hydrogen-bond donors (Lipinski definition) is 0. The topological polar surface area (TPSA) is 30.7 Å². The zero-order chi connectivity index (χ0) is 11.0. The van der Waals surface area contributed by atoms with Crippen molar-refractivity contribution < 1.29 is 0 Å². The minimum absolute atomic E-state index is 0.400. The van der Waals surface area contributed by atoms with Crippen LogP contribution in [0.15, 0.2) is 18.5 Å². The van der Waals surface area contributed by atoms with Gasteiger partial charge in [0.05, 0.1) is 11.2 Å². The van der Waals surface area contributed by atoms with Gasteiger partial charge in [0, 0.05) is 23.8 Å². The summed E-state index contributed by atoms with van der Waals surface area (Å²) in [4.78, 5) is 4.43. The predicted molar refractivity (Wildman–Crippen MR) is 62.0 cm³/mol. The SMILES string of the molecule is CC(C)c1nccc2nn(C(C)C)cc12. The molecule has 0 aliphatic carbocycles. The summed E-state index contributed by atoms with van der Waals surface area (Å²) in [5.74, 6) is 0.443. The lowest BCUT2D eigenvalue weighted by atomic mass is 10.1. The van der Waals surface area contributed by atoms with Crippen molar-refractivity contribution in [3.8, 4) is 0 Å². The van der Waals surface area contributed by atoms with Gasteiger partial charge in [-0.3, -0.25) is 9.67 Å². The summed E-state index contributed by atoms with van der Waals surface area (Å²) in [6.07, 6.45) is 3.94. The Balaban J connectivity index is 2.64. The first-order chi connectivity index (χ1) is 7.09. The Morgan fingerprint density at radius 1 is 1.20 bits per heavy atom. The molecule has 2 aromatic rings. The van der Waals surface area contributed by atoms with Gasteiger partial charge >= 0.3 is 0 Å². The molecule has 0 amide bonds. The molecular weight excluding hydrogens is 186 g/mol. The van der Waals surface area contributed by atoms with Gasteiger partial charge in [0.2, 0.25) is 0 Å². The van der Waals surface area contributed by atoms with Crippen molar-refractivity contribution in [2.75, 3.05) is 0 Å². The first-order valence-electron chi connectivity index (χ1n) is 5.43. The Morgan fingerprint density at radius 2 is 1.93 bits per heavy atom. The number of fused-ring (bicyclic) bond motifs is 1. The Hall–Kier alpha value is -1.38. The minimum atomic E-state index is 0.400. The quantitative estimate of drug-likeness (QED) is 0.750. The molecular formula is C12H17N3. The Bertz CT molecular complexity index is 469. The molecule has 0 bridgehead atoms. The first kappa shape index (κ1) is 10.1. The van der Waals surface area contributed by atoms with E-state index in [1.165, 1.54) is 5.39 Å². The summed E-state index contributed by atoms with van der Waals surface area (Å²) in [5.41, 5.74) is 2.18. The zero-order valence-corrected chi connectivity index (χ0v) is 9.73. The lowest BCUT2D eigenvalue weighted by Crippen LogP contribution is -1.99. The van der Waals surface area contributed by atoms with E-state index in [-0.39, 0.29) is 0 Å². The number of pyridine rings is 1. The van der Waals surface area contributed by atoms with Crippen molar-refractivity contribution in [3.05, 3.63) is 24.2 Å². The molecule has 3 heteroatoms. The molecule has 0 N–H and O–H groups in total. The fraction of sp³-hybridized carbons (Fsp3) is 0.500. The molecule has 0 spiro atoms. The predicted octanol–water partition coefficient (Wildman–Crippen LogP) is 3.14. The van der Waals surface area contributed by atoms with Gasteiger partial charge in [0.25, 0.3) is 0 Å². The highest BCUT2D eigenvalue weighted by atomic mass is 15.3.